The van der Waals surface area contributed by atoms with Crippen molar-refractivity contribution >= 4 is 12.1 Å². The van der Waals surface area contributed by atoms with Gasteiger partial charge in [-0.05, 0) is 19.4 Å². The van der Waals surface area contributed by atoms with E-state index < -0.39 is 17.6 Å². The molecule has 0 unspecified atom stereocenters. The van der Waals surface area contributed by atoms with Gasteiger partial charge in [0.25, 0.3) is 0 Å². The fraction of sp³-hybridized carbons (Fsp3) is 0.333. The third kappa shape index (κ3) is 4.76. The van der Waals surface area contributed by atoms with Gasteiger partial charge in [0, 0.05) is 6.42 Å². The summed E-state index contributed by atoms with van der Waals surface area (Å²) in [4.78, 5) is 22.9. The maximum Gasteiger partial charge on any atom is 0.408 e. The normalized spacial score (nSPS) is 13.1. The van der Waals surface area contributed by atoms with Gasteiger partial charge < -0.3 is 15.2 Å². The number of rotatable bonds is 6. The van der Waals surface area contributed by atoms with Crippen LogP contribution in [-0.2, 0) is 16.1 Å². The van der Waals surface area contributed by atoms with Crippen LogP contribution in [0.1, 0.15) is 25.8 Å². The molecule has 1 aromatic carbocycles. The van der Waals surface area contributed by atoms with Crippen molar-refractivity contribution in [1.29, 1.82) is 0 Å². The molecule has 1 amide bonds. The summed E-state index contributed by atoms with van der Waals surface area (Å²) in [5.74, 6) is -1.13. The summed E-state index contributed by atoms with van der Waals surface area (Å²) in [7, 11) is 0. The molecular formula is C15H19NO4. The van der Waals surface area contributed by atoms with Crippen LogP contribution in [0.25, 0.3) is 0 Å². The highest BCUT2D eigenvalue weighted by Gasteiger charge is 2.35. The molecule has 0 aromatic heterocycles. The highest BCUT2D eigenvalue weighted by Crippen LogP contribution is 2.16. The average Bonchev–Trinajstić information content (AvgIpc) is 2.36. The van der Waals surface area contributed by atoms with E-state index in [1.54, 1.807) is 6.92 Å². The summed E-state index contributed by atoms with van der Waals surface area (Å²) in [6.45, 7) is 6.89. The fourth-order valence-electron chi connectivity index (χ4n) is 1.76. The second-order valence-corrected chi connectivity index (χ2v) is 4.96. The highest BCUT2D eigenvalue weighted by molar-refractivity contribution is 5.84. The first-order chi connectivity index (χ1) is 9.33. The Kier molecular flexibility index (Phi) is 5.32. The van der Waals surface area contributed by atoms with Crippen molar-refractivity contribution in [2.24, 2.45) is 0 Å². The number of hydrogen-bond donors (Lipinski definition) is 2. The molecule has 1 rings (SSSR count). The van der Waals surface area contributed by atoms with E-state index in [0.717, 1.165) is 5.56 Å². The smallest absolute Gasteiger partial charge is 0.408 e. The van der Waals surface area contributed by atoms with Crippen LogP contribution >= 0.6 is 0 Å². The molecule has 5 nitrogen and oxygen atoms in total. The van der Waals surface area contributed by atoms with E-state index in [2.05, 4.69) is 11.9 Å². The lowest BCUT2D eigenvalue weighted by Crippen LogP contribution is -2.52. The first-order valence-electron chi connectivity index (χ1n) is 6.20. The predicted molar refractivity (Wildman–Crippen MR) is 75.2 cm³/mol. The van der Waals surface area contributed by atoms with E-state index >= 15 is 0 Å². The minimum atomic E-state index is -1.42. The van der Waals surface area contributed by atoms with Crippen LogP contribution < -0.4 is 5.32 Å². The van der Waals surface area contributed by atoms with Gasteiger partial charge in [-0.1, -0.05) is 35.9 Å². The van der Waals surface area contributed by atoms with Crippen LogP contribution in [0.5, 0.6) is 0 Å². The van der Waals surface area contributed by atoms with Gasteiger partial charge >= 0.3 is 12.1 Å². The number of nitrogens with one attached hydrogen (secondary N) is 1. The molecule has 0 saturated carbocycles. The van der Waals surface area contributed by atoms with Crippen molar-refractivity contribution in [3.05, 3.63) is 48.0 Å². The van der Waals surface area contributed by atoms with Crippen molar-refractivity contribution < 1.29 is 19.4 Å². The summed E-state index contributed by atoms with van der Waals surface area (Å²) in [5, 5.41) is 11.6. The number of aliphatic carboxylic acids is 1. The van der Waals surface area contributed by atoms with E-state index in [1.807, 2.05) is 30.3 Å². The summed E-state index contributed by atoms with van der Waals surface area (Å²) in [6.07, 6.45) is -0.622. The Morgan fingerprint density at radius 1 is 1.35 bits per heavy atom. The van der Waals surface area contributed by atoms with Gasteiger partial charge in [-0.2, -0.15) is 0 Å². The molecule has 0 saturated heterocycles. The number of carbonyl (C=O) groups is 2. The first-order valence-corrected chi connectivity index (χ1v) is 6.20. The molecule has 0 fully saturated rings. The zero-order chi connectivity index (χ0) is 15.2. The number of benzene rings is 1. The second-order valence-electron chi connectivity index (χ2n) is 4.96. The van der Waals surface area contributed by atoms with E-state index in [9.17, 15) is 14.7 Å². The Hall–Kier alpha value is -2.30. The van der Waals surface area contributed by atoms with Crippen LogP contribution in [0.15, 0.2) is 42.5 Å². The van der Waals surface area contributed by atoms with Crippen molar-refractivity contribution in [2.45, 2.75) is 32.4 Å². The zero-order valence-electron chi connectivity index (χ0n) is 11.7. The van der Waals surface area contributed by atoms with Crippen LogP contribution in [0.4, 0.5) is 4.79 Å². The second kappa shape index (κ2) is 6.75. The monoisotopic (exact) mass is 277 g/mol. The lowest BCUT2D eigenvalue weighted by Gasteiger charge is -2.25. The Bertz CT molecular complexity index is 498. The fourth-order valence-corrected chi connectivity index (χ4v) is 1.76. The minimum Gasteiger partial charge on any atom is -0.480 e. The Labute approximate surface area is 118 Å². The van der Waals surface area contributed by atoms with Crippen LogP contribution in [0.3, 0.4) is 0 Å². The molecule has 1 aromatic rings. The number of carboxylic acid groups (broad SMARTS) is 1. The van der Waals surface area contributed by atoms with Gasteiger partial charge in [-0.15, -0.1) is 6.58 Å². The standard InChI is InChI=1S/C15H19NO4/c1-11(2)9-15(3,13(17)18)16-14(19)20-10-12-7-5-4-6-8-12/h4-8H,1,9-10H2,2-3H3,(H,16,19)(H,17,18)/t15-/m0/s1. The number of amides is 1. The van der Waals surface area contributed by atoms with Crippen LogP contribution in [0, 0.1) is 0 Å². The van der Waals surface area contributed by atoms with Crippen LogP contribution in [-0.4, -0.2) is 22.7 Å². The van der Waals surface area contributed by atoms with E-state index in [1.165, 1.54) is 6.92 Å². The van der Waals surface area contributed by atoms with Gasteiger partial charge in [0.05, 0.1) is 0 Å². The van der Waals surface area contributed by atoms with Crippen LogP contribution in [0.2, 0.25) is 0 Å². The molecule has 0 bridgehead atoms. The van der Waals surface area contributed by atoms with Crippen molar-refractivity contribution in [3.63, 3.8) is 0 Å². The van der Waals surface area contributed by atoms with Crippen molar-refractivity contribution in [1.82, 2.24) is 5.32 Å². The maximum absolute atomic E-state index is 11.7. The molecule has 0 heterocycles. The van der Waals surface area contributed by atoms with Crippen molar-refractivity contribution in [3.8, 4) is 0 Å². The molecule has 0 radical (unpaired) electrons. The summed E-state index contributed by atoms with van der Waals surface area (Å²) >= 11 is 0. The Morgan fingerprint density at radius 2 is 1.95 bits per heavy atom. The summed E-state index contributed by atoms with van der Waals surface area (Å²) in [5.41, 5.74) is 0.0809. The van der Waals surface area contributed by atoms with Gasteiger partial charge in [0.1, 0.15) is 12.1 Å². The zero-order valence-corrected chi connectivity index (χ0v) is 11.7. The topological polar surface area (TPSA) is 75.6 Å². The molecule has 1 atom stereocenters. The highest BCUT2D eigenvalue weighted by atomic mass is 16.5. The number of ether oxygens (including phenoxy) is 1. The van der Waals surface area contributed by atoms with Gasteiger partial charge in [-0.3, -0.25) is 0 Å². The Balaban J connectivity index is 2.59. The lowest BCUT2D eigenvalue weighted by molar-refractivity contribution is -0.143. The quantitative estimate of drug-likeness (QED) is 0.784. The lowest BCUT2D eigenvalue weighted by atomic mass is 9.94. The molecule has 108 valence electrons. The molecule has 0 aliphatic heterocycles. The number of carboxylic acids is 1. The predicted octanol–water partition coefficient (Wildman–Crippen LogP) is 2.72. The largest absolute Gasteiger partial charge is 0.480 e. The molecule has 5 heteroatoms. The molecule has 20 heavy (non-hydrogen) atoms. The number of hydrogen-bond acceptors (Lipinski definition) is 3. The number of alkyl carbamates (subject to hydrolysis) is 1. The molecular weight excluding hydrogens is 258 g/mol. The van der Waals surface area contributed by atoms with Gasteiger partial charge in [0.15, 0.2) is 0 Å². The summed E-state index contributed by atoms with van der Waals surface area (Å²) in [6, 6.07) is 9.16. The third-order valence-corrected chi connectivity index (χ3v) is 2.72. The average molecular weight is 277 g/mol. The third-order valence-electron chi connectivity index (χ3n) is 2.72. The number of carbonyl (C=O) groups excluding carboxylic acids is 1. The molecule has 0 spiro atoms. The summed E-state index contributed by atoms with van der Waals surface area (Å²) < 4.78 is 5.01. The van der Waals surface area contributed by atoms with E-state index in [4.69, 9.17) is 4.74 Å². The maximum atomic E-state index is 11.7. The van der Waals surface area contributed by atoms with Gasteiger partial charge in [-0.25, -0.2) is 9.59 Å². The van der Waals surface area contributed by atoms with Crippen molar-refractivity contribution in [2.75, 3.05) is 0 Å². The van der Waals surface area contributed by atoms with E-state index in [0.29, 0.717) is 5.57 Å². The van der Waals surface area contributed by atoms with Gasteiger partial charge in [0.2, 0.25) is 0 Å². The van der Waals surface area contributed by atoms with E-state index in [-0.39, 0.29) is 13.0 Å². The SMILES string of the molecule is C=C(C)C[C@](C)(NC(=O)OCc1ccccc1)C(=O)O. The molecule has 2 N–H and O–H groups in total. The molecule has 0 aliphatic rings. The minimum absolute atomic E-state index is 0.0927. The molecule has 0 aliphatic carbocycles. The Morgan fingerprint density at radius 3 is 2.45 bits per heavy atom. The first kappa shape index (κ1) is 15.8.